The van der Waals surface area contributed by atoms with Crippen LogP contribution in [-0.4, -0.2) is 44.7 Å². The van der Waals surface area contributed by atoms with Crippen LogP contribution in [-0.2, 0) is 21.2 Å². The number of aliphatic hydroxyl groups excluding tert-OH is 1. The minimum atomic E-state index is -5.80. The van der Waals surface area contributed by atoms with E-state index in [9.17, 15) is 42.6 Å². The van der Waals surface area contributed by atoms with E-state index in [1.807, 2.05) is 92.7 Å². The summed E-state index contributed by atoms with van der Waals surface area (Å²) in [5, 5.41) is 19.9. The summed E-state index contributed by atoms with van der Waals surface area (Å²) in [6.45, 7) is 3.92. The molecule has 0 amide bonds. The van der Waals surface area contributed by atoms with Crippen molar-refractivity contribution in [2.24, 2.45) is 5.92 Å². The Morgan fingerprint density at radius 2 is 1.42 bits per heavy atom. The van der Waals surface area contributed by atoms with Crippen molar-refractivity contribution in [1.29, 1.82) is 0 Å². The summed E-state index contributed by atoms with van der Waals surface area (Å²) in [5.74, 6) is -0.297. The van der Waals surface area contributed by atoms with E-state index in [0.29, 0.717) is 46.1 Å². The van der Waals surface area contributed by atoms with E-state index in [2.05, 4.69) is 15.3 Å². The van der Waals surface area contributed by atoms with Crippen LogP contribution in [0.3, 0.4) is 0 Å². The zero-order valence-electron chi connectivity index (χ0n) is 30.8. The first-order chi connectivity index (χ1) is 27.0. The predicted octanol–water partition coefficient (Wildman–Crippen LogP) is 8.37. The van der Waals surface area contributed by atoms with Crippen LogP contribution < -0.4 is 5.30 Å². The summed E-state index contributed by atoms with van der Waals surface area (Å²) >= 11 is 0. The lowest BCUT2D eigenvalue weighted by molar-refractivity contribution is 0.0564. The number of benzene rings is 5. The molecule has 5 N–H and O–H groups in total. The van der Waals surface area contributed by atoms with Crippen LogP contribution in [0.1, 0.15) is 66.3 Å². The third kappa shape index (κ3) is 8.37. The Balaban J connectivity index is 1.30. The van der Waals surface area contributed by atoms with E-state index in [1.54, 1.807) is 22.9 Å². The molecule has 0 aliphatic carbocycles. The molecule has 7 rings (SSSR count). The van der Waals surface area contributed by atoms with Crippen LogP contribution in [0, 0.1) is 5.92 Å². The fourth-order valence-electron chi connectivity index (χ4n) is 7.26. The van der Waals surface area contributed by atoms with Crippen molar-refractivity contribution in [2.45, 2.75) is 50.4 Å². The largest absolute Gasteiger partial charge is 0.399 e. The number of aliphatic hydroxyl groups is 1. The van der Waals surface area contributed by atoms with Crippen LogP contribution in [0.4, 0.5) is 8.78 Å². The Hall–Kier alpha value is -4.97. The van der Waals surface area contributed by atoms with Crippen LogP contribution in [0.5, 0.6) is 0 Å². The van der Waals surface area contributed by atoms with Crippen molar-refractivity contribution in [3.8, 4) is 11.1 Å². The lowest BCUT2D eigenvalue weighted by Crippen LogP contribution is -2.23. The third-order valence-electron chi connectivity index (χ3n) is 10.1. The van der Waals surface area contributed by atoms with Crippen molar-refractivity contribution in [3.63, 3.8) is 0 Å². The molecule has 15 heteroatoms. The first-order valence-corrected chi connectivity index (χ1v) is 21.4. The highest BCUT2D eigenvalue weighted by atomic mass is 31.2. The summed E-state index contributed by atoms with van der Waals surface area (Å²) in [6, 6.07) is 35.4. The van der Waals surface area contributed by atoms with Crippen molar-refractivity contribution < 1.29 is 42.6 Å². The zero-order chi connectivity index (χ0) is 40.7. The number of nitrogens with zero attached hydrogens (tertiary/aromatic N) is 4. The second kappa shape index (κ2) is 15.8. The standard InChI is InChI=1S/C42H40F2N4O7P2/c1-26(2)22-38(49)36-21-18-31-24-32(25-39(40(31)45-36)56(50,51)52)28-14-12-27(13-15-28)23-34(29-16-19-33(20-17-29)42(43,44)57(53,54)55)41(30-8-4-3-5-9-30)48-37-11-7-6-10-35(37)46-47-48/h3-21,24-26,34,38,41,49H,22-23H2,1-2H3,(H2,50,51,52)(H2,53,54,55). The lowest BCUT2D eigenvalue weighted by Gasteiger charge is -2.29. The Kier molecular flexibility index (Phi) is 11.1. The van der Waals surface area contributed by atoms with Crippen LogP contribution in [0.25, 0.3) is 33.1 Å². The molecule has 57 heavy (non-hydrogen) atoms. The van der Waals surface area contributed by atoms with Gasteiger partial charge in [-0.2, -0.15) is 8.78 Å². The normalized spacial score (nSPS) is 14.3. The van der Waals surface area contributed by atoms with E-state index >= 15 is 0 Å². The Morgan fingerprint density at radius 1 is 0.754 bits per heavy atom. The summed E-state index contributed by atoms with van der Waals surface area (Å²) in [6.07, 6.45) is -0.105. The fraction of sp³-hybridized carbons (Fsp3) is 0.214. The molecule has 0 bridgehead atoms. The monoisotopic (exact) mass is 812 g/mol. The van der Waals surface area contributed by atoms with E-state index in [0.717, 1.165) is 28.8 Å². The van der Waals surface area contributed by atoms with Gasteiger partial charge in [0.05, 0.1) is 34.2 Å². The van der Waals surface area contributed by atoms with Crippen molar-refractivity contribution >= 4 is 42.4 Å². The molecule has 2 heterocycles. The summed E-state index contributed by atoms with van der Waals surface area (Å²) in [4.78, 5) is 44.1. The minimum absolute atomic E-state index is 0.115. The SMILES string of the molecule is CC(C)CC(O)c1ccc2cc(-c3ccc(CC(c4ccc(C(F)(F)P(=O)(O)O)cc4)C(c4ccccc4)n4nnc5ccccc54)cc3)cc(P(=O)(O)O)c2n1. The van der Waals surface area contributed by atoms with Gasteiger partial charge in [-0.05, 0) is 76.9 Å². The maximum Gasteiger partial charge on any atom is 0.399 e. The van der Waals surface area contributed by atoms with Gasteiger partial charge in [-0.1, -0.05) is 116 Å². The summed E-state index contributed by atoms with van der Waals surface area (Å²) < 4.78 is 55.8. The van der Waals surface area contributed by atoms with Gasteiger partial charge in [0.1, 0.15) is 5.52 Å². The maximum atomic E-state index is 14.8. The van der Waals surface area contributed by atoms with E-state index in [-0.39, 0.29) is 16.7 Å². The Bertz CT molecular complexity index is 2630. The first kappa shape index (κ1) is 40.2. The zero-order valence-corrected chi connectivity index (χ0v) is 32.6. The van der Waals surface area contributed by atoms with Gasteiger partial charge in [0, 0.05) is 16.9 Å². The van der Waals surface area contributed by atoms with Gasteiger partial charge in [-0.25, -0.2) is 9.67 Å². The van der Waals surface area contributed by atoms with Crippen molar-refractivity contribution in [1.82, 2.24) is 20.0 Å². The van der Waals surface area contributed by atoms with Crippen LogP contribution in [0.15, 0.2) is 127 Å². The van der Waals surface area contributed by atoms with Crippen molar-refractivity contribution in [3.05, 3.63) is 155 Å². The van der Waals surface area contributed by atoms with Gasteiger partial charge in [-0.15, -0.1) is 5.10 Å². The second-order valence-corrected chi connectivity index (χ2v) is 17.8. The molecular weight excluding hydrogens is 772 g/mol. The number of aromatic nitrogens is 4. The summed E-state index contributed by atoms with van der Waals surface area (Å²) in [7, 11) is -10.6. The first-order valence-electron chi connectivity index (χ1n) is 18.2. The molecule has 0 aliphatic heterocycles. The highest BCUT2D eigenvalue weighted by molar-refractivity contribution is 7.60. The van der Waals surface area contributed by atoms with E-state index in [4.69, 9.17) is 0 Å². The van der Waals surface area contributed by atoms with E-state index in [1.165, 1.54) is 18.2 Å². The average molecular weight is 813 g/mol. The number of pyridine rings is 1. The molecule has 0 aliphatic rings. The predicted molar refractivity (Wildman–Crippen MR) is 214 cm³/mol. The van der Waals surface area contributed by atoms with Gasteiger partial charge in [0.25, 0.3) is 0 Å². The molecular formula is C42H40F2N4O7P2. The lowest BCUT2D eigenvalue weighted by atomic mass is 9.82. The van der Waals surface area contributed by atoms with E-state index < -0.39 is 44.5 Å². The highest BCUT2D eigenvalue weighted by Gasteiger charge is 2.50. The summed E-state index contributed by atoms with van der Waals surface area (Å²) in [5.41, 5.74) is 0.144. The molecule has 0 fully saturated rings. The molecule has 7 aromatic rings. The molecule has 2 aromatic heterocycles. The van der Waals surface area contributed by atoms with Crippen LogP contribution in [0.2, 0.25) is 0 Å². The Labute approximate surface area is 327 Å². The smallest absolute Gasteiger partial charge is 0.387 e. The highest BCUT2D eigenvalue weighted by Crippen LogP contribution is 2.59. The number of para-hydroxylation sites is 1. The molecule has 11 nitrogen and oxygen atoms in total. The number of fused-ring (bicyclic) bond motifs is 2. The van der Waals surface area contributed by atoms with Gasteiger partial charge in [0.15, 0.2) is 0 Å². The maximum absolute atomic E-state index is 14.8. The number of hydrogen-bond acceptors (Lipinski definition) is 6. The van der Waals surface area contributed by atoms with Gasteiger partial charge < -0.3 is 24.7 Å². The van der Waals surface area contributed by atoms with Gasteiger partial charge in [-0.3, -0.25) is 9.13 Å². The number of halogens is 2. The molecule has 294 valence electrons. The van der Waals surface area contributed by atoms with Crippen LogP contribution >= 0.6 is 15.2 Å². The van der Waals surface area contributed by atoms with Gasteiger partial charge >= 0.3 is 20.9 Å². The average Bonchev–Trinajstić information content (AvgIpc) is 3.60. The minimum Gasteiger partial charge on any atom is -0.387 e. The number of alkyl halides is 2. The molecule has 0 spiro atoms. The quantitative estimate of drug-likeness (QED) is 0.0711. The third-order valence-corrected chi connectivity index (χ3v) is 12.1. The molecule has 0 saturated heterocycles. The Morgan fingerprint density at radius 3 is 2.07 bits per heavy atom. The molecule has 3 atom stereocenters. The second-order valence-electron chi connectivity index (χ2n) is 14.6. The topological polar surface area (TPSA) is 179 Å². The molecule has 0 saturated carbocycles. The van der Waals surface area contributed by atoms with Gasteiger partial charge in [0.2, 0.25) is 0 Å². The fourth-order valence-corrected chi connectivity index (χ4v) is 8.51. The molecule has 3 unspecified atom stereocenters. The number of hydrogen-bond donors (Lipinski definition) is 5. The number of rotatable bonds is 13. The molecule has 0 radical (unpaired) electrons. The van der Waals surface area contributed by atoms with Crippen molar-refractivity contribution in [2.75, 3.05) is 0 Å². The molecule has 5 aromatic carbocycles.